The maximum absolute atomic E-state index is 13.3. The molecule has 6 aromatic heterocycles. The number of amides is 8. The van der Waals surface area contributed by atoms with Gasteiger partial charge in [0.1, 0.15) is 15.9 Å². The lowest BCUT2D eigenvalue weighted by Crippen LogP contribution is -2.46. The molecular weight excluding hydrogens is 1470 g/mol. The molecule has 1 fully saturated rings. The smallest absolute Gasteiger partial charge is 0.291 e. The Morgan fingerprint density at radius 2 is 0.935 bits per heavy atom. The Hall–Kier alpha value is -10.0. The molecule has 0 aliphatic carbocycles. The van der Waals surface area contributed by atoms with Crippen LogP contribution in [-0.2, 0) is 94.6 Å². The summed E-state index contributed by atoms with van der Waals surface area (Å²) in [5, 5.41) is 29.1. The van der Waals surface area contributed by atoms with E-state index in [1.807, 2.05) is 6.07 Å². The zero-order chi connectivity index (χ0) is 77.2. The SMILES string of the molecule is Cn1cc(NC(=O)c2nc(NC(=O)CCNC(=O)c3cc(NC(=O)c4nccn4C)cn3C)cn2C)cc1C(=O)NCCC(=O)Nc1cn(C)c(C(=O)NCCC(=O)NCCOCCOCCOCCOCCOCCOCCOCCOCCN2C[C@H](Nc3cnn(C)c(=O)c3Br)C[C@H](c3ccccc3)C2)n1. The number of aromatic nitrogens is 10. The largest absolute Gasteiger partial charge is 0.379 e. The molecule has 586 valence electrons. The van der Waals surface area contributed by atoms with Gasteiger partial charge >= 0.3 is 0 Å². The minimum Gasteiger partial charge on any atom is -0.379 e. The fourth-order valence-corrected chi connectivity index (χ4v) is 11.6. The van der Waals surface area contributed by atoms with Crippen molar-refractivity contribution in [2.45, 2.75) is 37.6 Å². The number of nitrogens with zero attached hydrogens (tertiary/aromatic N) is 11. The molecule has 7 heterocycles. The van der Waals surface area contributed by atoms with Gasteiger partial charge in [-0.25, -0.2) is 19.6 Å². The molecule has 1 aliphatic heterocycles. The van der Waals surface area contributed by atoms with Crippen LogP contribution in [0.15, 0.2) is 95.1 Å². The minimum absolute atomic E-state index is 0.000989. The first-order chi connectivity index (χ1) is 52.2. The lowest BCUT2D eigenvalue weighted by atomic mass is 9.88. The Balaban J connectivity index is 0.560. The van der Waals surface area contributed by atoms with E-state index in [2.05, 4.69) is 113 Å². The van der Waals surface area contributed by atoms with Crippen LogP contribution in [0.2, 0.25) is 0 Å². The van der Waals surface area contributed by atoms with E-state index in [0.29, 0.717) is 121 Å². The number of carbonyl (C=O) groups is 8. The number of hydrogen-bond donors (Lipinski definition) is 9. The van der Waals surface area contributed by atoms with E-state index in [4.69, 9.17) is 37.9 Å². The van der Waals surface area contributed by atoms with Gasteiger partial charge in [0, 0.05) is 151 Å². The molecule has 108 heavy (non-hydrogen) atoms. The van der Waals surface area contributed by atoms with Crippen molar-refractivity contribution in [2.75, 3.05) is 178 Å². The Morgan fingerprint density at radius 1 is 0.481 bits per heavy atom. The molecule has 37 nitrogen and oxygen atoms in total. The number of imidazole rings is 3. The van der Waals surface area contributed by atoms with Gasteiger partial charge < -0.3 is 109 Å². The van der Waals surface area contributed by atoms with E-state index in [1.165, 1.54) is 65.4 Å². The van der Waals surface area contributed by atoms with Crippen molar-refractivity contribution in [3.8, 4) is 0 Å². The van der Waals surface area contributed by atoms with Crippen LogP contribution in [0.4, 0.5) is 28.7 Å². The maximum Gasteiger partial charge on any atom is 0.291 e. The van der Waals surface area contributed by atoms with Crippen molar-refractivity contribution < 1.29 is 76.3 Å². The molecule has 7 aromatic rings. The number of halogens is 1. The molecule has 1 aromatic carbocycles. The van der Waals surface area contributed by atoms with E-state index in [0.717, 1.165) is 26.1 Å². The van der Waals surface area contributed by atoms with Crippen molar-refractivity contribution in [1.82, 2.24) is 73.7 Å². The maximum atomic E-state index is 13.3. The van der Waals surface area contributed by atoms with Gasteiger partial charge in [-0.1, -0.05) is 30.3 Å². The zero-order valence-corrected chi connectivity index (χ0v) is 63.2. The number of anilines is 5. The Kier molecular flexibility index (Phi) is 34.3. The Labute approximate surface area is 632 Å². The number of benzene rings is 1. The van der Waals surface area contributed by atoms with Crippen LogP contribution in [-0.4, -0.2) is 257 Å². The highest BCUT2D eigenvalue weighted by molar-refractivity contribution is 9.10. The fraction of sp³-hybridized carbons (Fsp3) is 0.500. The van der Waals surface area contributed by atoms with Crippen LogP contribution >= 0.6 is 15.9 Å². The lowest BCUT2D eigenvalue weighted by Gasteiger charge is -2.38. The van der Waals surface area contributed by atoms with Crippen molar-refractivity contribution in [3.63, 3.8) is 0 Å². The highest BCUT2D eigenvalue weighted by atomic mass is 79.9. The molecule has 0 spiro atoms. The van der Waals surface area contributed by atoms with E-state index < -0.39 is 41.4 Å². The van der Waals surface area contributed by atoms with Crippen LogP contribution in [0.3, 0.4) is 0 Å². The summed E-state index contributed by atoms with van der Waals surface area (Å²) in [7, 11) is 9.68. The van der Waals surface area contributed by atoms with E-state index in [1.54, 1.807) is 65.4 Å². The second kappa shape index (κ2) is 44.3. The van der Waals surface area contributed by atoms with Gasteiger partial charge in [0.2, 0.25) is 29.4 Å². The molecule has 2 atom stereocenters. The molecule has 1 saturated heterocycles. The summed E-state index contributed by atoms with van der Waals surface area (Å²) >= 11 is 3.45. The predicted molar refractivity (Wildman–Crippen MR) is 399 cm³/mol. The third-order valence-corrected chi connectivity index (χ3v) is 17.3. The fourth-order valence-electron chi connectivity index (χ4n) is 11.2. The number of piperidine rings is 1. The number of hydrogen-bond acceptors (Lipinski definition) is 23. The number of nitrogens with one attached hydrogen (secondary N) is 9. The van der Waals surface area contributed by atoms with Gasteiger partial charge in [-0.05, 0) is 46.0 Å². The van der Waals surface area contributed by atoms with Crippen LogP contribution in [0.1, 0.15) is 90.0 Å². The summed E-state index contributed by atoms with van der Waals surface area (Å²) in [6.45, 7) is 9.38. The van der Waals surface area contributed by atoms with Gasteiger partial charge in [0.05, 0.1) is 129 Å². The second-order valence-corrected chi connectivity index (χ2v) is 25.7. The molecule has 8 rings (SSSR count). The van der Waals surface area contributed by atoms with Gasteiger partial charge in [-0.2, -0.15) is 5.10 Å². The highest BCUT2D eigenvalue weighted by Crippen LogP contribution is 2.30. The predicted octanol–water partition coefficient (Wildman–Crippen LogP) is 1.78. The van der Waals surface area contributed by atoms with E-state index in [9.17, 15) is 43.2 Å². The molecule has 0 radical (unpaired) electrons. The Bertz CT molecular complexity index is 4130. The monoisotopic (exact) mass is 1570 g/mol. The van der Waals surface area contributed by atoms with Gasteiger partial charge in [0.15, 0.2) is 17.5 Å². The van der Waals surface area contributed by atoms with E-state index >= 15 is 0 Å². The molecule has 0 bridgehead atoms. The molecule has 8 amide bonds. The van der Waals surface area contributed by atoms with Crippen LogP contribution in [0, 0.1) is 0 Å². The van der Waals surface area contributed by atoms with Crippen LogP contribution in [0.5, 0.6) is 0 Å². The summed E-state index contributed by atoms with van der Waals surface area (Å²) in [5.41, 5.74) is 2.86. The quantitative estimate of drug-likeness (QED) is 0.0245. The third-order valence-electron chi connectivity index (χ3n) is 16.6. The molecule has 0 unspecified atom stereocenters. The number of ether oxygens (including phenoxy) is 8. The molecular formula is C70H97BrN20O17. The third kappa shape index (κ3) is 27.6. The van der Waals surface area contributed by atoms with Crippen molar-refractivity contribution in [2.24, 2.45) is 42.3 Å². The average Bonchev–Trinajstić information content (AvgIpc) is 1.27. The van der Waals surface area contributed by atoms with Crippen molar-refractivity contribution >= 4 is 91.9 Å². The summed E-state index contributed by atoms with van der Waals surface area (Å²) in [6.07, 6.45) is 11.4. The normalized spacial score (nSPS) is 13.6. The summed E-state index contributed by atoms with van der Waals surface area (Å²) in [6, 6.07) is 13.6. The number of aryl methyl sites for hydroxylation is 6. The average molecular weight is 1570 g/mol. The summed E-state index contributed by atoms with van der Waals surface area (Å²) in [4.78, 5) is 130. The van der Waals surface area contributed by atoms with Gasteiger partial charge in [-0.15, -0.1) is 0 Å². The summed E-state index contributed by atoms with van der Waals surface area (Å²) in [5.74, 6) is -3.28. The second-order valence-electron chi connectivity index (χ2n) is 24.9. The summed E-state index contributed by atoms with van der Waals surface area (Å²) < 4.78 is 54.1. The molecule has 1 aliphatic rings. The van der Waals surface area contributed by atoms with Crippen molar-refractivity contribution in [1.29, 1.82) is 0 Å². The topological polar surface area (TPSA) is 420 Å². The number of carbonyl (C=O) groups excluding carboxylic acids is 8. The number of rotatable bonds is 48. The lowest BCUT2D eigenvalue weighted by molar-refractivity contribution is -0.121. The first kappa shape index (κ1) is 83.6. The molecule has 38 heteroatoms. The Morgan fingerprint density at radius 3 is 1.43 bits per heavy atom. The first-order valence-electron chi connectivity index (χ1n) is 35.3. The van der Waals surface area contributed by atoms with Crippen LogP contribution in [0.25, 0.3) is 0 Å². The van der Waals surface area contributed by atoms with Gasteiger partial charge in [0.25, 0.3) is 35.1 Å². The van der Waals surface area contributed by atoms with Gasteiger partial charge in [-0.3, -0.25) is 48.1 Å². The minimum atomic E-state index is -0.638. The first-order valence-corrected chi connectivity index (χ1v) is 36.1. The zero-order valence-electron chi connectivity index (χ0n) is 61.6. The number of likely N-dealkylation sites (tertiary alicyclic amines) is 1. The molecule has 9 N–H and O–H groups in total. The molecule has 0 saturated carbocycles. The van der Waals surface area contributed by atoms with Crippen LogP contribution < -0.4 is 53.4 Å². The standard InChI is InChI=1S/C70H97BrN20O17/c1-85-20-18-73-62(85)68(98)79-51-39-54(86(2)43-51)65(95)74-17-14-60(94)82-57-47-89(5)64(84-57)69(99)80-52-40-55(87(3)44-52)66(96)75-16-13-59(93)81-56-46-88(4)63(83-56)67(97)76-15-12-58(92)72-19-22-101-24-26-103-28-30-105-32-34-107-36-37-108-35-33-106-31-29-104-27-25-102-23-21-91-42-49(48-10-8-7-9-11-48)38-50(45-91)78-53-41-77-90(6)70(100)61(53)71/h7-11,18,20,39-41,43-44,46-47,49-50,78H,12-17,19,21-38,42,45H2,1-6H3,(H,72,92)(H,74,95)(H,75,96)(H,76,97)(H,79,98)(H,80,99)(H,81,93)(H,82,94)/t49-,50+/m0/s1. The van der Waals surface area contributed by atoms with E-state index in [-0.39, 0.29) is 116 Å². The van der Waals surface area contributed by atoms with Crippen molar-refractivity contribution in [3.05, 3.63) is 135 Å². The highest BCUT2D eigenvalue weighted by Gasteiger charge is 2.30.